The molecule has 66 valence electrons. The molecule has 0 saturated heterocycles. The summed E-state index contributed by atoms with van der Waals surface area (Å²) in [4.78, 5) is 2.68. The standard InChI is InChI=1S/C10H15NS/c1-3-5-9(11)10-7-6-8(4-2)12-10/h3,6-7,9H,1,4-5,11H2,2H3/t9-/m0/s1. The summed E-state index contributed by atoms with van der Waals surface area (Å²) in [6.45, 7) is 5.84. The summed E-state index contributed by atoms with van der Waals surface area (Å²) in [5.41, 5.74) is 5.91. The average Bonchev–Trinajstić information content (AvgIpc) is 2.52. The third-order valence-electron chi connectivity index (χ3n) is 1.82. The van der Waals surface area contributed by atoms with Crippen molar-refractivity contribution in [2.45, 2.75) is 25.8 Å². The first kappa shape index (κ1) is 9.49. The molecule has 0 aromatic carbocycles. The molecule has 0 saturated carbocycles. The smallest absolute Gasteiger partial charge is 0.0424 e. The van der Waals surface area contributed by atoms with Gasteiger partial charge in [0.2, 0.25) is 0 Å². The van der Waals surface area contributed by atoms with Crippen molar-refractivity contribution in [3.8, 4) is 0 Å². The molecule has 0 spiro atoms. The first-order valence-electron chi connectivity index (χ1n) is 4.23. The highest BCUT2D eigenvalue weighted by atomic mass is 32.1. The van der Waals surface area contributed by atoms with Gasteiger partial charge in [-0.25, -0.2) is 0 Å². The maximum atomic E-state index is 5.91. The molecule has 1 nitrogen and oxygen atoms in total. The molecule has 1 aromatic heterocycles. The van der Waals surface area contributed by atoms with Crippen LogP contribution in [-0.4, -0.2) is 0 Å². The molecular formula is C10H15NS. The van der Waals surface area contributed by atoms with Gasteiger partial charge in [-0.05, 0) is 25.0 Å². The highest BCUT2D eigenvalue weighted by Gasteiger charge is 2.05. The molecule has 0 amide bonds. The summed E-state index contributed by atoms with van der Waals surface area (Å²) in [6.07, 6.45) is 3.84. The van der Waals surface area contributed by atoms with Gasteiger partial charge in [0, 0.05) is 15.8 Å². The average molecular weight is 181 g/mol. The molecule has 0 bridgehead atoms. The first-order chi connectivity index (χ1) is 5.77. The zero-order valence-corrected chi connectivity index (χ0v) is 8.23. The SMILES string of the molecule is C=CC[C@H](N)c1ccc(CC)s1. The van der Waals surface area contributed by atoms with Crippen LogP contribution < -0.4 is 5.73 Å². The number of aryl methyl sites for hydroxylation is 1. The molecule has 2 heteroatoms. The van der Waals surface area contributed by atoms with Gasteiger partial charge in [0.25, 0.3) is 0 Å². The van der Waals surface area contributed by atoms with E-state index in [2.05, 4.69) is 25.6 Å². The van der Waals surface area contributed by atoms with Crippen molar-refractivity contribution in [3.05, 3.63) is 34.5 Å². The van der Waals surface area contributed by atoms with Gasteiger partial charge in [-0.15, -0.1) is 17.9 Å². The van der Waals surface area contributed by atoms with Gasteiger partial charge in [0.15, 0.2) is 0 Å². The van der Waals surface area contributed by atoms with Crippen LogP contribution in [0, 0.1) is 0 Å². The summed E-state index contributed by atoms with van der Waals surface area (Å²) in [5, 5.41) is 0. The van der Waals surface area contributed by atoms with Crippen LogP contribution in [0.2, 0.25) is 0 Å². The normalized spacial score (nSPS) is 12.8. The molecule has 0 aliphatic heterocycles. The van der Waals surface area contributed by atoms with Crippen molar-refractivity contribution in [1.29, 1.82) is 0 Å². The van der Waals surface area contributed by atoms with Crippen molar-refractivity contribution in [3.63, 3.8) is 0 Å². The summed E-state index contributed by atoms with van der Waals surface area (Å²) < 4.78 is 0. The summed E-state index contributed by atoms with van der Waals surface area (Å²) in [5.74, 6) is 0. The topological polar surface area (TPSA) is 26.0 Å². The van der Waals surface area contributed by atoms with Crippen molar-refractivity contribution in [2.24, 2.45) is 5.73 Å². The lowest BCUT2D eigenvalue weighted by Gasteiger charge is -2.04. The van der Waals surface area contributed by atoms with Crippen LogP contribution >= 0.6 is 11.3 Å². The monoisotopic (exact) mass is 181 g/mol. The number of hydrogen-bond acceptors (Lipinski definition) is 2. The predicted octanol–water partition coefficient (Wildman–Crippen LogP) is 2.89. The van der Waals surface area contributed by atoms with E-state index < -0.39 is 0 Å². The van der Waals surface area contributed by atoms with E-state index in [9.17, 15) is 0 Å². The second-order valence-electron chi connectivity index (χ2n) is 2.79. The Hall–Kier alpha value is -0.600. The molecule has 1 aromatic rings. The minimum Gasteiger partial charge on any atom is -0.323 e. The molecule has 0 aliphatic carbocycles. The summed E-state index contributed by atoms with van der Waals surface area (Å²) >= 11 is 1.81. The molecule has 1 rings (SSSR count). The lowest BCUT2D eigenvalue weighted by atomic mass is 10.2. The Morgan fingerprint density at radius 2 is 2.42 bits per heavy atom. The van der Waals surface area contributed by atoms with Gasteiger partial charge < -0.3 is 5.73 Å². The Labute approximate surface area is 77.9 Å². The molecule has 0 unspecified atom stereocenters. The van der Waals surface area contributed by atoms with Crippen LogP contribution in [0.1, 0.15) is 29.1 Å². The van der Waals surface area contributed by atoms with E-state index in [0.717, 1.165) is 12.8 Å². The van der Waals surface area contributed by atoms with E-state index in [4.69, 9.17) is 5.73 Å². The van der Waals surface area contributed by atoms with Crippen LogP contribution in [0.15, 0.2) is 24.8 Å². The first-order valence-corrected chi connectivity index (χ1v) is 5.04. The van der Waals surface area contributed by atoms with Crippen molar-refractivity contribution in [1.82, 2.24) is 0 Å². The zero-order chi connectivity index (χ0) is 8.97. The van der Waals surface area contributed by atoms with Crippen LogP contribution in [0.5, 0.6) is 0 Å². The van der Waals surface area contributed by atoms with Crippen molar-refractivity contribution in [2.75, 3.05) is 0 Å². The van der Waals surface area contributed by atoms with Gasteiger partial charge in [0.1, 0.15) is 0 Å². The minimum absolute atomic E-state index is 0.146. The van der Waals surface area contributed by atoms with Crippen LogP contribution in [0.4, 0.5) is 0 Å². The van der Waals surface area contributed by atoms with E-state index in [-0.39, 0.29) is 6.04 Å². The van der Waals surface area contributed by atoms with E-state index in [0.29, 0.717) is 0 Å². The zero-order valence-electron chi connectivity index (χ0n) is 7.42. The highest BCUT2D eigenvalue weighted by molar-refractivity contribution is 7.12. The highest BCUT2D eigenvalue weighted by Crippen LogP contribution is 2.24. The molecule has 12 heavy (non-hydrogen) atoms. The van der Waals surface area contributed by atoms with E-state index in [1.54, 1.807) is 0 Å². The molecule has 0 aliphatic rings. The molecule has 1 heterocycles. The number of thiophene rings is 1. The molecule has 1 atom stereocenters. The number of nitrogens with two attached hydrogens (primary N) is 1. The lowest BCUT2D eigenvalue weighted by molar-refractivity contribution is 0.758. The Balaban J connectivity index is 2.67. The molecule has 2 N–H and O–H groups in total. The summed E-state index contributed by atoms with van der Waals surface area (Å²) in [7, 11) is 0. The maximum absolute atomic E-state index is 5.91. The largest absolute Gasteiger partial charge is 0.323 e. The van der Waals surface area contributed by atoms with E-state index in [1.807, 2.05) is 17.4 Å². The molecule has 0 radical (unpaired) electrons. The van der Waals surface area contributed by atoms with Crippen LogP contribution in [0.3, 0.4) is 0 Å². The third-order valence-corrected chi connectivity index (χ3v) is 3.18. The Bertz CT molecular complexity index is 252. The quantitative estimate of drug-likeness (QED) is 0.710. The Kier molecular flexibility index (Phi) is 3.50. The van der Waals surface area contributed by atoms with Gasteiger partial charge in [-0.1, -0.05) is 13.0 Å². The molecular weight excluding hydrogens is 166 g/mol. The summed E-state index contributed by atoms with van der Waals surface area (Å²) in [6, 6.07) is 4.42. The van der Waals surface area contributed by atoms with Crippen molar-refractivity contribution < 1.29 is 0 Å². The van der Waals surface area contributed by atoms with Gasteiger partial charge in [-0.2, -0.15) is 0 Å². The fraction of sp³-hybridized carbons (Fsp3) is 0.400. The lowest BCUT2D eigenvalue weighted by Crippen LogP contribution is -2.06. The van der Waals surface area contributed by atoms with Gasteiger partial charge in [-0.3, -0.25) is 0 Å². The van der Waals surface area contributed by atoms with E-state index in [1.165, 1.54) is 9.75 Å². The fourth-order valence-corrected chi connectivity index (χ4v) is 2.05. The second-order valence-corrected chi connectivity index (χ2v) is 3.99. The second kappa shape index (κ2) is 4.43. The third kappa shape index (κ3) is 2.19. The van der Waals surface area contributed by atoms with Crippen molar-refractivity contribution >= 4 is 11.3 Å². The fourth-order valence-electron chi connectivity index (χ4n) is 1.08. The van der Waals surface area contributed by atoms with Crippen LogP contribution in [-0.2, 0) is 6.42 Å². The number of hydrogen-bond donors (Lipinski definition) is 1. The molecule has 0 fully saturated rings. The van der Waals surface area contributed by atoms with Gasteiger partial charge in [0.05, 0.1) is 0 Å². The van der Waals surface area contributed by atoms with Gasteiger partial charge >= 0.3 is 0 Å². The predicted molar refractivity (Wildman–Crippen MR) is 55.4 cm³/mol. The van der Waals surface area contributed by atoms with Crippen LogP contribution in [0.25, 0.3) is 0 Å². The minimum atomic E-state index is 0.146. The van der Waals surface area contributed by atoms with E-state index >= 15 is 0 Å². The maximum Gasteiger partial charge on any atom is 0.0424 e. The Morgan fingerprint density at radius 1 is 1.67 bits per heavy atom. The Morgan fingerprint density at radius 3 is 2.92 bits per heavy atom. The number of rotatable bonds is 4.